The molecular weight excluding hydrogens is 502 g/mol. The number of fused-ring (bicyclic) bond motifs is 1. The van der Waals surface area contributed by atoms with Gasteiger partial charge in [0, 0.05) is 16.5 Å². The normalized spacial score (nSPS) is 23.3. The van der Waals surface area contributed by atoms with E-state index in [-0.39, 0.29) is 23.9 Å². The van der Waals surface area contributed by atoms with E-state index in [4.69, 9.17) is 9.47 Å². The molecule has 1 unspecified atom stereocenters. The highest BCUT2D eigenvalue weighted by Crippen LogP contribution is 2.53. The van der Waals surface area contributed by atoms with Gasteiger partial charge in [0.15, 0.2) is 10.7 Å². The number of methoxy groups -OCH3 is 1. The van der Waals surface area contributed by atoms with Crippen molar-refractivity contribution in [3.63, 3.8) is 0 Å². The number of thiazole rings is 1. The summed E-state index contributed by atoms with van der Waals surface area (Å²) >= 11 is 1.08. The van der Waals surface area contributed by atoms with Gasteiger partial charge in [-0.05, 0) is 42.3 Å². The molecule has 2 N–H and O–H groups in total. The molecule has 0 spiro atoms. The van der Waals surface area contributed by atoms with E-state index in [0.717, 1.165) is 22.5 Å². The Morgan fingerprint density at radius 1 is 1.24 bits per heavy atom. The van der Waals surface area contributed by atoms with Crippen molar-refractivity contribution in [2.75, 3.05) is 19.0 Å². The van der Waals surface area contributed by atoms with Gasteiger partial charge in [0.1, 0.15) is 11.2 Å². The SMILES string of the molecule is COc1cccc(-c2csc(NC(=O)C3(NC(=O)c4ccc5c(c4)[C@](C)(C#N)COC5)CC3(F)F)n2)c1. The molecule has 0 radical (unpaired) electrons. The van der Waals surface area contributed by atoms with Crippen LogP contribution in [0.15, 0.2) is 47.8 Å². The highest BCUT2D eigenvalue weighted by molar-refractivity contribution is 7.14. The topological polar surface area (TPSA) is 113 Å². The number of carbonyl (C=O) groups is 2. The summed E-state index contributed by atoms with van der Waals surface area (Å²) in [5, 5.41) is 16.1. The van der Waals surface area contributed by atoms with Crippen LogP contribution in [0.25, 0.3) is 11.3 Å². The molecule has 1 aromatic heterocycles. The number of hydrogen-bond donors (Lipinski definition) is 2. The van der Waals surface area contributed by atoms with Crippen molar-refractivity contribution in [2.24, 2.45) is 0 Å². The minimum atomic E-state index is -3.43. The van der Waals surface area contributed by atoms with Gasteiger partial charge in [-0.3, -0.25) is 14.9 Å². The smallest absolute Gasteiger partial charge is 0.282 e. The number of hydrogen-bond acceptors (Lipinski definition) is 7. The number of nitrogens with zero attached hydrogens (tertiary/aromatic N) is 2. The number of anilines is 1. The van der Waals surface area contributed by atoms with E-state index in [1.807, 2.05) is 6.07 Å². The van der Waals surface area contributed by atoms with Crippen molar-refractivity contribution < 1.29 is 27.8 Å². The summed E-state index contributed by atoms with van der Waals surface area (Å²) in [7, 11) is 1.54. The molecule has 37 heavy (non-hydrogen) atoms. The molecular formula is C26H22F2N4O4S. The quantitative estimate of drug-likeness (QED) is 0.498. The van der Waals surface area contributed by atoms with E-state index in [1.165, 1.54) is 19.2 Å². The van der Waals surface area contributed by atoms with Gasteiger partial charge in [-0.2, -0.15) is 5.26 Å². The number of carbonyl (C=O) groups excluding carboxylic acids is 2. The fourth-order valence-corrected chi connectivity index (χ4v) is 5.05. The average Bonchev–Trinajstić information content (AvgIpc) is 3.20. The fourth-order valence-electron chi connectivity index (χ4n) is 4.34. The summed E-state index contributed by atoms with van der Waals surface area (Å²) in [6, 6.07) is 13.9. The van der Waals surface area contributed by atoms with Crippen molar-refractivity contribution >= 4 is 28.3 Å². The van der Waals surface area contributed by atoms with E-state index < -0.39 is 35.1 Å². The summed E-state index contributed by atoms with van der Waals surface area (Å²) in [5.41, 5.74) is -0.686. The van der Waals surface area contributed by atoms with Gasteiger partial charge in [-0.1, -0.05) is 18.2 Å². The van der Waals surface area contributed by atoms with Crippen LogP contribution in [0, 0.1) is 11.3 Å². The minimum absolute atomic E-state index is 0.0755. The van der Waals surface area contributed by atoms with E-state index in [0.29, 0.717) is 17.0 Å². The number of amides is 2. The standard InChI is InChI=1S/C26H22F2N4O4S/c1-24(13-29)14-36-10-17-7-6-16(9-19(17)24)21(33)32-25(12-26(25,27)28)22(34)31-23-30-20(11-37-23)15-4-3-5-18(8-15)35-2/h3-9,11H,10,12,14H2,1-2H3,(H,32,33)(H,30,31,34)/t24-,25?/m1/s1. The first kappa shape index (κ1) is 24.8. The zero-order valence-electron chi connectivity index (χ0n) is 19.9. The molecule has 0 bridgehead atoms. The van der Waals surface area contributed by atoms with Crippen LogP contribution in [-0.2, 0) is 21.6 Å². The Hall–Kier alpha value is -3.88. The van der Waals surface area contributed by atoms with Crippen molar-refractivity contribution in [1.82, 2.24) is 10.3 Å². The second kappa shape index (κ2) is 8.90. The molecule has 2 heterocycles. The van der Waals surface area contributed by atoms with Crippen LogP contribution in [0.5, 0.6) is 5.75 Å². The maximum absolute atomic E-state index is 14.5. The monoisotopic (exact) mass is 524 g/mol. The lowest BCUT2D eigenvalue weighted by atomic mass is 9.79. The van der Waals surface area contributed by atoms with E-state index in [1.54, 1.807) is 36.6 Å². The fraction of sp³-hybridized carbons (Fsp3) is 0.308. The first-order valence-corrected chi connectivity index (χ1v) is 12.2. The Labute approximate surface area is 215 Å². The number of halogens is 2. The van der Waals surface area contributed by atoms with Crippen molar-refractivity contribution in [2.45, 2.75) is 36.8 Å². The van der Waals surface area contributed by atoms with E-state index >= 15 is 0 Å². The van der Waals surface area contributed by atoms with Crippen LogP contribution in [-0.4, -0.2) is 42.0 Å². The maximum atomic E-state index is 14.5. The van der Waals surface area contributed by atoms with Crippen LogP contribution >= 0.6 is 11.3 Å². The third kappa shape index (κ3) is 4.32. The Kier molecular flexibility index (Phi) is 5.96. The number of rotatable bonds is 6. The third-order valence-electron chi connectivity index (χ3n) is 6.65. The van der Waals surface area contributed by atoms with Crippen LogP contribution in [0.1, 0.15) is 34.8 Å². The number of alkyl halides is 2. The Morgan fingerprint density at radius 3 is 2.73 bits per heavy atom. The predicted octanol–water partition coefficient (Wildman–Crippen LogP) is 4.28. The van der Waals surface area contributed by atoms with Crippen LogP contribution < -0.4 is 15.4 Å². The Bertz CT molecular complexity index is 1450. The molecule has 0 saturated heterocycles. The maximum Gasteiger partial charge on any atom is 0.282 e. The van der Waals surface area contributed by atoms with Gasteiger partial charge in [0.2, 0.25) is 0 Å². The molecule has 1 aliphatic heterocycles. The van der Waals surface area contributed by atoms with E-state index in [9.17, 15) is 23.6 Å². The van der Waals surface area contributed by atoms with Crippen LogP contribution in [0.2, 0.25) is 0 Å². The molecule has 1 aliphatic carbocycles. The zero-order valence-corrected chi connectivity index (χ0v) is 20.7. The van der Waals surface area contributed by atoms with Crippen LogP contribution in [0.3, 0.4) is 0 Å². The second-order valence-electron chi connectivity index (χ2n) is 9.27. The average molecular weight is 525 g/mol. The molecule has 5 rings (SSSR count). The summed E-state index contributed by atoms with van der Waals surface area (Å²) in [4.78, 5) is 30.3. The van der Waals surface area contributed by atoms with Gasteiger partial charge in [-0.25, -0.2) is 13.8 Å². The summed E-state index contributed by atoms with van der Waals surface area (Å²) in [5.74, 6) is -4.69. The van der Waals surface area contributed by atoms with Gasteiger partial charge in [0.05, 0.1) is 38.5 Å². The molecule has 3 aromatic rings. The van der Waals surface area contributed by atoms with Crippen molar-refractivity contribution in [1.29, 1.82) is 5.26 Å². The zero-order chi connectivity index (χ0) is 26.4. The molecule has 1 saturated carbocycles. The van der Waals surface area contributed by atoms with Gasteiger partial charge >= 0.3 is 0 Å². The number of aromatic nitrogens is 1. The molecule has 8 nitrogen and oxygen atoms in total. The van der Waals surface area contributed by atoms with E-state index in [2.05, 4.69) is 21.7 Å². The van der Waals surface area contributed by atoms with Crippen LogP contribution in [0.4, 0.5) is 13.9 Å². The molecule has 2 amide bonds. The molecule has 2 aromatic carbocycles. The first-order valence-electron chi connectivity index (χ1n) is 11.3. The highest BCUT2D eigenvalue weighted by atomic mass is 32.1. The lowest BCUT2D eigenvalue weighted by Crippen LogP contribution is -2.50. The molecule has 2 atom stereocenters. The molecule has 11 heteroatoms. The minimum Gasteiger partial charge on any atom is -0.497 e. The van der Waals surface area contributed by atoms with Gasteiger partial charge in [0.25, 0.3) is 17.7 Å². The summed E-state index contributed by atoms with van der Waals surface area (Å²) in [6.45, 7) is 2.12. The largest absolute Gasteiger partial charge is 0.497 e. The van der Waals surface area contributed by atoms with Gasteiger partial charge in [-0.15, -0.1) is 11.3 Å². The predicted molar refractivity (Wildman–Crippen MR) is 132 cm³/mol. The number of benzene rings is 2. The summed E-state index contributed by atoms with van der Waals surface area (Å²) < 4.78 is 39.7. The highest BCUT2D eigenvalue weighted by Gasteiger charge is 2.77. The lowest BCUT2D eigenvalue weighted by Gasteiger charge is -2.30. The van der Waals surface area contributed by atoms with Crippen molar-refractivity contribution in [3.05, 3.63) is 64.5 Å². The Morgan fingerprint density at radius 2 is 2.03 bits per heavy atom. The third-order valence-corrected chi connectivity index (χ3v) is 7.41. The number of ether oxygens (including phenoxy) is 2. The summed E-state index contributed by atoms with van der Waals surface area (Å²) in [6.07, 6.45) is -0.833. The molecule has 1 fully saturated rings. The molecule has 190 valence electrons. The first-order chi connectivity index (χ1) is 17.6. The van der Waals surface area contributed by atoms with Gasteiger partial charge < -0.3 is 14.8 Å². The van der Waals surface area contributed by atoms with Crippen molar-refractivity contribution in [3.8, 4) is 23.1 Å². The lowest BCUT2D eigenvalue weighted by molar-refractivity contribution is -0.121. The number of nitrogens with one attached hydrogen (secondary N) is 2. The second-order valence-corrected chi connectivity index (χ2v) is 10.1. The Balaban J connectivity index is 1.35. The molecule has 2 aliphatic rings. The number of nitriles is 1.